The molecule has 0 aliphatic carbocycles. The van der Waals surface area contributed by atoms with Crippen molar-refractivity contribution in [2.24, 2.45) is 0 Å². The number of nitrogens with zero attached hydrogens (tertiary/aromatic N) is 1. The minimum absolute atomic E-state index is 0.150. The van der Waals surface area contributed by atoms with Crippen molar-refractivity contribution in [1.82, 2.24) is 0 Å². The number of rotatable bonds is 3. The van der Waals surface area contributed by atoms with Gasteiger partial charge in [0.25, 0.3) is 0 Å². The standard InChI is InChI=1S/C8H7FN2O2S/c9-7-3-1-2-4-8(7)11-14(12,13)6-5-10/h1-4,11H,6H2. The zero-order valence-corrected chi connectivity index (χ0v) is 7.88. The highest BCUT2D eigenvalue weighted by Gasteiger charge is 2.11. The summed E-state index contributed by atoms with van der Waals surface area (Å²) in [6.07, 6.45) is 0. The molecule has 1 aromatic carbocycles. The normalized spacial score (nSPS) is 10.6. The van der Waals surface area contributed by atoms with Gasteiger partial charge in [-0.1, -0.05) is 12.1 Å². The smallest absolute Gasteiger partial charge is 0.246 e. The third-order valence-corrected chi connectivity index (χ3v) is 2.43. The van der Waals surface area contributed by atoms with Crippen LogP contribution in [0.1, 0.15) is 0 Å². The quantitative estimate of drug-likeness (QED) is 0.818. The summed E-state index contributed by atoms with van der Waals surface area (Å²) in [5, 5.41) is 8.19. The Kier molecular flexibility index (Phi) is 3.04. The number of sulfonamides is 1. The van der Waals surface area contributed by atoms with Gasteiger partial charge in [-0.05, 0) is 12.1 Å². The van der Waals surface area contributed by atoms with Crippen LogP contribution in [-0.4, -0.2) is 14.2 Å². The molecule has 0 aromatic heterocycles. The largest absolute Gasteiger partial charge is 0.280 e. The Morgan fingerprint density at radius 1 is 1.43 bits per heavy atom. The molecule has 0 aliphatic heterocycles. The van der Waals surface area contributed by atoms with E-state index in [4.69, 9.17) is 5.26 Å². The Hall–Kier alpha value is -1.61. The molecule has 0 bridgehead atoms. The average Bonchev–Trinajstić information content (AvgIpc) is 2.08. The summed E-state index contributed by atoms with van der Waals surface area (Å²) in [7, 11) is -3.76. The van der Waals surface area contributed by atoms with Gasteiger partial charge >= 0.3 is 0 Å². The fourth-order valence-electron chi connectivity index (χ4n) is 0.833. The van der Waals surface area contributed by atoms with E-state index in [1.54, 1.807) is 0 Å². The van der Waals surface area contributed by atoms with Gasteiger partial charge in [-0.2, -0.15) is 5.26 Å². The Labute approximate surface area is 81.0 Å². The number of benzene rings is 1. The lowest BCUT2D eigenvalue weighted by Crippen LogP contribution is -2.16. The van der Waals surface area contributed by atoms with Gasteiger partial charge in [0.2, 0.25) is 10.0 Å². The van der Waals surface area contributed by atoms with Gasteiger partial charge in [-0.25, -0.2) is 12.8 Å². The summed E-state index contributed by atoms with van der Waals surface area (Å²) in [5.74, 6) is -1.37. The predicted octanol–water partition coefficient (Wildman–Crippen LogP) is 1.09. The van der Waals surface area contributed by atoms with Crippen molar-refractivity contribution < 1.29 is 12.8 Å². The van der Waals surface area contributed by atoms with E-state index >= 15 is 0 Å². The zero-order chi connectivity index (χ0) is 10.6. The van der Waals surface area contributed by atoms with E-state index in [0.29, 0.717) is 0 Å². The van der Waals surface area contributed by atoms with Gasteiger partial charge in [0.05, 0.1) is 11.8 Å². The number of nitrogens with one attached hydrogen (secondary N) is 1. The molecule has 14 heavy (non-hydrogen) atoms. The molecule has 0 radical (unpaired) electrons. The average molecular weight is 214 g/mol. The van der Waals surface area contributed by atoms with Crippen molar-refractivity contribution in [2.75, 3.05) is 10.5 Å². The van der Waals surface area contributed by atoms with Crippen LogP contribution in [0.3, 0.4) is 0 Å². The van der Waals surface area contributed by atoms with E-state index in [2.05, 4.69) is 0 Å². The van der Waals surface area contributed by atoms with E-state index in [0.717, 1.165) is 6.07 Å². The van der Waals surface area contributed by atoms with E-state index in [9.17, 15) is 12.8 Å². The van der Waals surface area contributed by atoms with Gasteiger partial charge in [0.1, 0.15) is 5.82 Å². The number of hydrogen-bond donors (Lipinski definition) is 1. The maximum Gasteiger partial charge on any atom is 0.246 e. The molecule has 74 valence electrons. The minimum Gasteiger partial charge on any atom is -0.280 e. The number of halogens is 1. The number of hydrogen-bond acceptors (Lipinski definition) is 3. The van der Waals surface area contributed by atoms with Crippen molar-refractivity contribution >= 4 is 15.7 Å². The van der Waals surface area contributed by atoms with Crippen molar-refractivity contribution in [1.29, 1.82) is 5.26 Å². The number of nitriles is 1. The third-order valence-electron chi connectivity index (χ3n) is 1.39. The van der Waals surface area contributed by atoms with Crippen LogP contribution in [0, 0.1) is 17.1 Å². The van der Waals surface area contributed by atoms with Crippen LogP contribution in [0.4, 0.5) is 10.1 Å². The highest BCUT2D eigenvalue weighted by Crippen LogP contribution is 2.13. The topological polar surface area (TPSA) is 70.0 Å². The van der Waals surface area contributed by atoms with Crippen molar-refractivity contribution in [3.63, 3.8) is 0 Å². The summed E-state index contributed by atoms with van der Waals surface area (Å²) >= 11 is 0. The minimum atomic E-state index is -3.76. The van der Waals surface area contributed by atoms with Crippen LogP contribution >= 0.6 is 0 Å². The molecule has 0 saturated heterocycles. The van der Waals surface area contributed by atoms with Gasteiger partial charge in [0, 0.05) is 0 Å². The monoisotopic (exact) mass is 214 g/mol. The Bertz CT molecular complexity index is 464. The molecule has 4 nitrogen and oxygen atoms in total. The first-order valence-corrected chi connectivity index (χ1v) is 5.32. The van der Waals surface area contributed by atoms with Gasteiger partial charge in [0.15, 0.2) is 5.75 Å². The summed E-state index contributed by atoms with van der Waals surface area (Å²) in [5.41, 5.74) is -0.150. The molecule has 0 fully saturated rings. The van der Waals surface area contributed by atoms with Crippen molar-refractivity contribution in [3.8, 4) is 6.07 Å². The fraction of sp³-hybridized carbons (Fsp3) is 0.125. The van der Waals surface area contributed by atoms with E-state index < -0.39 is 21.6 Å². The third kappa shape index (κ3) is 2.71. The van der Waals surface area contributed by atoms with Crippen LogP contribution in [0.5, 0.6) is 0 Å². The first kappa shape index (κ1) is 10.5. The highest BCUT2D eigenvalue weighted by atomic mass is 32.2. The molecule has 0 amide bonds. The van der Waals surface area contributed by atoms with Crippen LogP contribution in [0.25, 0.3) is 0 Å². The fourth-order valence-corrected chi connectivity index (χ4v) is 1.58. The Balaban J connectivity index is 2.91. The molecule has 0 unspecified atom stereocenters. The summed E-state index contributed by atoms with van der Waals surface area (Å²) in [6, 6.07) is 6.82. The summed E-state index contributed by atoms with van der Waals surface area (Å²) in [4.78, 5) is 0. The first-order valence-electron chi connectivity index (χ1n) is 3.67. The van der Waals surface area contributed by atoms with E-state index in [1.807, 2.05) is 4.72 Å². The summed E-state index contributed by atoms with van der Waals surface area (Å²) in [6.45, 7) is 0. The summed E-state index contributed by atoms with van der Waals surface area (Å²) < 4.78 is 37.0. The molecular formula is C8H7FN2O2S. The molecule has 1 N–H and O–H groups in total. The maximum atomic E-state index is 13.0. The predicted molar refractivity (Wildman–Crippen MR) is 49.4 cm³/mol. The molecule has 0 aliphatic rings. The first-order chi connectivity index (χ1) is 6.55. The molecule has 0 saturated carbocycles. The second kappa shape index (κ2) is 4.07. The highest BCUT2D eigenvalue weighted by molar-refractivity contribution is 7.92. The van der Waals surface area contributed by atoms with Crippen LogP contribution in [0.15, 0.2) is 24.3 Å². The van der Waals surface area contributed by atoms with Crippen LogP contribution in [-0.2, 0) is 10.0 Å². The van der Waals surface area contributed by atoms with Gasteiger partial charge < -0.3 is 0 Å². The second-order valence-electron chi connectivity index (χ2n) is 2.50. The number of anilines is 1. The lowest BCUT2D eigenvalue weighted by molar-refractivity contribution is 0.601. The van der Waals surface area contributed by atoms with Crippen molar-refractivity contribution in [3.05, 3.63) is 30.1 Å². The van der Waals surface area contributed by atoms with Crippen LogP contribution < -0.4 is 4.72 Å². The lowest BCUT2D eigenvalue weighted by Gasteiger charge is -2.04. The van der Waals surface area contributed by atoms with Gasteiger partial charge in [-0.3, -0.25) is 4.72 Å². The maximum absolute atomic E-state index is 13.0. The Morgan fingerprint density at radius 3 is 2.64 bits per heavy atom. The van der Waals surface area contributed by atoms with E-state index in [-0.39, 0.29) is 5.69 Å². The van der Waals surface area contributed by atoms with E-state index in [1.165, 1.54) is 24.3 Å². The molecule has 0 spiro atoms. The SMILES string of the molecule is N#CCS(=O)(=O)Nc1ccccc1F. The second-order valence-corrected chi connectivity index (χ2v) is 4.22. The van der Waals surface area contributed by atoms with Crippen molar-refractivity contribution in [2.45, 2.75) is 0 Å². The van der Waals surface area contributed by atoms with Gasteiger partial charge in [-0.15, -0.1) is 0 Å². The zero-order valence-electron chi connectivity index (χ0n) is 7.07. The molecule has 6 heteroatoms. The Morgan fingerprint density at radius 2 is 2.07 bits per heavy atom. The molecule has 1 aromatic rings. The molecule has 0 atom stereocenters. The molecule has 0 heterocycles. The number of para-hydroxylation sites is 1. The lowest BCUT2D eigenvalue weighted by atomic mass is 10.3. The van der Waals surface area contributed by atoms with Crippen LogP contribution in [0.2, 0.25) is 0 Å². The molecule has 1 rings (SSSR count). The molecular weight excluding hydrogens is 207 g/mol.